The number of carbonyl (C=O) groups is 1. The van der Waals surface area contributed by atoms with Crippen molar-refractivity contribution in [2.24, 2.45) is 0 Å². The highest BCUT2D eigenvalue weighted by Crippen LogP contribution is 2.31. The second-order valence-corrected chi connectivity index (χ2v) is 7.13. The van der Waals surface area contributed by atoms with Crippen molar-refractivity contribution in [3.05, 3.63) is 70.5 Å². The van der Waals surface area contributed by atoms with E-state index in [0.717, 1.165) is 29.5 Å². The first kappa shape index (κ1) is 22.1. The molecule has 0 spiro atoms. The number of ether oxygens (including phenoxy) is 2. The fraction of sp³-hybridized carbons (Fsp3) is 0.292. The summed E-state index contributed by atoms with van der Waals surface area (Å²) in [5, 5.41) is 7.17. The lowest BCUT2D eigenvalue weighted by atomic mass is 10.1. The zero-order valence-corrected chi connectivity index (χ0v) is 18.1. The van der Waals surface area contributed by atoms with Crippen LogP contribution >= 0.6 is 0 Å². The maximum absolute atomic E-state index is 12.5. The van der Waals surface area contributed by atoms with Crippen molar-refractivity contribution in [3.8, 4) is 22.8 Å². The van der Waals surface area contributed by atoms with Gasteiger partial charge in [0, 0.05) is 17.3 Å². The Hall–Kier alpha value is -3.61. The molecular formula is C24H27N3O4. The number of unbranched alkanes of at least 4 members (excludes halogenated alkanes) is 1. The minimum absolute atomic E-state index is 0.183. The third-order valence-electron chi connectivity index (χ3n) is 4.90. The minimum Gasteiger partial charge on any atom is -0.493 e. The van der Waals surface area contributed by atoms with Gasteiger partial charge in [-0.05, 0) is 54.8 Å². The Bertz CT molecular complexity index is 1090. The Balaban J connectivity index is 1.73. The topological polar surface area (TPSA) is 82.5 Å². The summed E-state index contributed by atoms with van der Waals surface area (Å²) in [6.45, 7) is 1.97. The van der Waals surface area contributed by atoms with E-state index in [-0.39, 0.29) is 18.0 Å². The summed E-state index contributed by atoms with van der Waals surface area (Å²) >= 11 is 0. The van der Waals surface area contributed by atoms with Crippen LogP contribution in [0, 0.1) is 0 Å². The number of hydrogen-bond acceptors (Lipinski definition) is 5. The number of aromatic nitrogens is 2. The molecule has 31 heavy (non-hydrogen) atoms. The molecule has 1 amide bonds. The minimum atomic E-state index is -0.353. The van der Waals surface area contributed by atoms with Crippen LogP contribution < -0.4 is 20.3 Å². The largest absolute Gasteiger partial charge is 0.493 e. The van der Waals surface area contributed by atoms with E-state index in [1.54, 1.807) is 32.4 Å². The first-order valence-corrected chi connectivity index (χ1v) is 10.2. The van der Waals surface area contributed by atoms with Gasteiger partial charge in [0.05, 0.1) is 19.9 Å². The van der Waals surface area contributed by atoms with Crippen molar-refractivity contribution in [2.75, 3.05) is 19.5 Å². The van der Waals surface area contributed by atoms with Gasteiger partial charge >= 0.3 is 0 Å². The molecule has 0 fully saturated rings. The summed E-state index contributed by atoms with van der Waals surface area (Å²) in [5.41, 5.74) is 2.87. The summed E-state index contributed by atoms with van der Waals surface area (Å²) in [5.74, 6) is 0.833. The van der Waals surface area contributed by atoms with Gasteiger partial charge in [-0.25, -0.2) is 4.68 Å². The molecule has 1 N–H and O–H groups in total. The zero-order valence-electron chi connectivity index (χ0n) is 18.1. The van der Waals surface area contributed by atoms with Crippen molar-refractivity contribution < 1.29 is 14.3 Å². The van der Waals surface area contributed by atoms with Crippen LogP contribution in [0.3, 0.4) is 0 Å². The Kier molecular flexibility index (Phi) is 7.43. The highest BCUT2D eigenvalue weighted by molar-refractivity contribution is 5.90. The SMILES string of the molecule is CCCCc1ccc(NC(=O)Cn2nc(-c3ccc(OC)c(OC)c3)ccc2=O)cc1. The molecule has 7 nitrogen and oxygen atoms in total. The van der Waals surface area contributed by atoms with Crippen LogP contribution in [-0.2, 0) is 17.8 Å². The molecule has 0 aliphatic heterocycles. The van der Waals surface area contributed by atoms with E-state index in [1.165, 1.54) is 11.6 Å². The number of anilines is 1. The number of methoxy groups -OCH3 is 2. The quantitative estimate of drug-likeness (QED) is 0.566. The lowest BCUT2D eigenvalue weighted by molar-refractivity contribution is -0.117. The van der Waals surface area contributed by atoms with Crippen molar-refractivity contribution >= 4 is 11.6 Å². The molecular weight excluding hydrogens is 394 g/mol. The molecule has 0 aliphatic carbocycles. The number of aryl methyl sites for hydroxylation is 1. The molecule has 3 rings (SSSR count). The van der Waals surface area contributed by atoms with E-state index in [4.69, 9.17) is 9.47 Å². The lowest BCUT2D eigenvalue weighted by Crippen LogP contribution is -2.29. The van der Waals surface area contributed by atoms with Crippen molar-refractivity contribution in [1.29, 1.82) is 0 Å². The molecule has 3 aromatic rings. The molecule has 0 atom stereocenters. The molecule has 0 unspecified atom stereocenters. The zero-order chi connectivity index (χ0) is 22.2. The molecule has 162 valence electrons. The third-order valence-corrected chi connectivity index (χ3v) is 4.90. The highest BCUT2D eigenvalue weighted by atomic mass is 16.5. The Morgan fingerprint density at radius 1 is 1.00 bits per heavy atom. The number of amides is 1. The van der Waals surface area contributed by atoms with Gasteiger partial charge < -0.3 is 14.8 Å². The molecule has 0 radical (unpaired) electrons. The van der Waals surface area contributed by atoms with Crippen LogP contribution in [0.2, 0.25) is 0 Å². The molecule has 1 heterocycles. The van der Waals surface area contributed by atoms with E-state index in [1.807, 2.05) is 30.3 Å². The predicted octanol–water partition coefficient (Wildman–Crippen LogP) is 3.91. The predicted molar refractivity (Wildman–Crippen MR) is 121 cm³/mol. The van der Waals surface area contributed by atoms with Crippen LogP contribution in [0.25, 0.3) is 11.3 Å². The monoisotopic (exact) mass is 421 g/mol. The molecule has 0 bridgehead atoms. The maximum atomic E-state index is 12.5. The van der Waals surface area contributed by atoms with Crippen molar-refractivity contribution in [3.63, 3.8) is 0 Å². The van der Waals surface area contributed by atoms with Gasteiger partial charge in [-0.2, -0.15) is 5.10 Å². The summed E-state index contributed by atoms with van der Waals surface area (Å²) < 4.78 is 11.7. The number of nitrogens with zero attached hydrogens (tertiary/aromatic N) is 2. The first-order valence-electron chi connectivity index (χ1n) is 10.2. The van der Waals surface area contributed by atoms with Gasteiger partial charge in [-0.1, -0.05) is 25.5 Å². The van der Waals surface area contributed by atoms with E-state index in [2.05, 4.69) is 17.3 Å². The van der Waals surface area contributed by atoms with Crippen LogP contribution in [0.1, 0.15) is 25.3 Å². The van der Waals surface area contributed by atoms with Crippen molar-refractivity contribution in [2.45, 2.75) is 32.7 Å². The maximum Gasteiger partial charge on any atom is 0.267 e. The van der Waals surface area contributed by atoms with E-state index in [0.29, 0.717) is 22.9 Å². The molecule has 1 aromatic heterocycles. The number of hydrogen-bond donors (Lipinski definition) is 1. The molecule has 2 aromatic carbocycles. The summed E-state index contributed by atoms with van der Waals surface area (Å²) in [6.07, 6.45) is 3.30. The normalized spacial score (nSPS) is 10.5. The number of rotatable bonds is 9. The highest BCUT2D eigenvalue weighted by Gasteiger charge is 2.11. The summed E-state index contributed by atoms with van der Waals surface area (Å²) in [4.78, 5) is 24.7. The Morgan fingerprint density at radius 2 is 1.74 bits per heavy atom. The van der Waals surface area contributed by atoms with E-state index in [9.17, 15) is 9.59 Å². The fourth-order valence-corrected chi connectivity index (χ4v) is 3.18. The van der Waals surface area contributed by atoms with Gasteiger partial charge in [0.25, 0.3) is 5.56 Å². The lowest BCUT2D eigenvalue weighted by Gasteiger charge is -2.11. The fourth-order valence-electron chi connectivity index (χ4n) is 3.18. The number of nitrogens with one attached hydrogen (secondary N) is 1. The van der Waals surface area contributed by atoms with E-state index < -0.39 is 0 Å². The Morgan fingerprint density at radius 3 is 2.42 bits per heavy atom. The van der Waals surface area contributed by atoms with E-state index >= 15 is 0 Å². The second kappa shape index (κ2) is 10.4. The first-order chi connectivity index (χ1) is 15.0. The van der Waals surface area contributed by atoms with Crippen LogP contribution in [0.5, 0.6) is 11.5 Å². The van der Waals surface area contributed by atoms with Crippen LogP contribution in [0.15, 0.2) is 59.4 Å². The number of carbonyl (C=O) groups excluding carboxylic acids is 1. The third kappa shape index (κ3) is 5.72. The smallest absolute Gasteiger partial charge is 0.267 e. The number of benzene rings is 2. The van der Waals surface area contributed by atoms with Crippen molar-refractivity contribution in [1.82, 2.24) is 9.78 Å². The van der Waals surface area contributed by atoms with Crippen LogP contribution in [0.4, 0.5) is 5.69 Å². The molecule has 0 aliphatic rings. The molecule has 0 saturated carbocycles. The molecule has 7 heteroatoms. The average molecular weight is 421 g/mol. The van der Waals surface area contributed by atoms with Gasteiger partial charge in [0.2, 0.25) is 5.91 Å². The average Bonchev–Trinajstić information content (AvgIpc) is 2.79. The van der Waals surface area contributed by atoms with Gasteiger partial charge in [0.1, 0.15) is 6.54 Å². The second-order valence-electron chi connectivity index (χ2n) is 7.13. The summed E-state index contributed by atoms with van der Waals surface area (Å²) in [6, 6.07) is 16.1. The molecule has 0 saturated heterocycles. The van der Waals surface area contributed by atoms with Crippen LogP contribution in [-0.4, -0.2) is 29.9 Å². The standard InChI is InChI=1S/C24H27N3O4/c1-4-5-6-17-7-10-19(11-8-17)25-23(28)16-27-24(29)14-12-20(26-27)18-9-13-21(30-2)22(15-18)31-3/h7-15H,4-6,16H2,1-3H3,(H,25,28). The summed E-state index contributed by atoms with van der Waals surface area (Å²) in [7, 11) is 3.12. The van der Waals surface area contributed by atoms with Gasteiger partial charge in [-0.15, -0.1) is 0 Å². The Labute approximate surface area is 181 Å². The van der Waals surface area contributed by atoms with Gasteiger partial charge in [-0.3, -0.25) is 9.59 Å². The van der Waals surface area contributed by atoms with Gasteiger partial charge in [0.15, 0.2) is 11.5 Å².